The van der Waals surface area contributed by atoms with E-state index in [4.69, 9.17) is 0 Å². The molecule has 2 rings (SSSR count). The summed E-state index contributed by atoms with van der Waals surface area (Å²) in [6, 6.07) is 13.3. The molecule has 0 bridgehead atoms. The average Bonchev–Trinajstić information content (AvgIpc) is 2.58. The van der Waals surface area contributed by atoms with Crippen LogP contribution in [0.25, 0.3) is 5.69 Å². The third kappa shape index (κ3) is 1.26. The van der Waals surface area contributed by atoms with Crippen LogP contribution in [-0.2, 0) is 0 Å². The van der Waals surface area contributed by atoms with Gasteiger partial charge in [-0.1, -0.05) is 17.7 Å². The zero-order valence-corrected chi connectivity index (χ0v) is 6.99. The zero-order chi connectivity index (χ0) is 8.39. The highest BCUT2D eigenvalue weighted by atomic mass is 14.9. The fourth-order valence-corrected chi connectivity index (χ4v) is 1.17. The Labute approximate surface area is 72.3 Å². The molecule has 0 fully saturated rings. The molecule has 1 radical (unpaired) electrons. The number of hydrogen-bond donors (Lipinski definition) is 0. The summed E-state index contributed by atoms with van der Waals surface area (Å²) in [6.07, 6.45) is 3.91. The molecule has 1 aromatic heterocycles. The summed E-state index contributed by atoms with van der Waals surface area (Å²) in [5.41, 5.74) is 2.47. The maximum Gasteiger partial charge on any atom is 0.0449 e. The topological polar surface area (TPSA) is 4.93 Å². The summed E-state index contributed by atoms with van der Waals surface area (Å²) >= 11 is 0. The SMILES string of the molecule is Cc1ccc(-n2c[c]cc2)cc1. The van der Waals surface area contributed by atoms with Crippen LogP contribution in [0.1, 0.15) is 5.56 Å². The molecule has 0 amide bonds. The van der Waals surface area contributed by atoms with Gasteiger partial charge in [-0.3, -0.25) is 0 Å². The molecule has 1 heterocycles. The van der Waals surface area contributed by atoms with E-state index in [1.165, 1.54) is 11.3 Å². The lowest BCUT2D eigenvalue weighted by molar-refractivity contribution is 1.08. The first-order chi connectivity index (χ1) is 5.86. The van der Waals surface area contributed by atoms with Gasteiger partial charge in [0, 0.05) is 24.1 Å². The largest absolute Gasteiger partial charge is 0.323 e. The predicted molar refractivity (Wildman–Crippen MR) is 49.3 cm³/mol. The van der Waals surface area contributed by atoms with Crippen LogP contribution in [-0.4, -0.2) is 4.57 Å². The molecule has 12 heavy (non-hydrogen) atoms. The van der Waals surface area contributed by atoms with Crippen LogP contribution < -0.4 is 0 Å². The molecule has 0 saturated heterocycles. The van der Waals surface area contributed by atoms with Crippen molar-refractivity contribution in [2.24, 2.45) is 0 Å². The van der Waals surface area contributed by atoms with Gasteiger partial charge in [0.25, 0.3) is 0 Å². The molecule has 1 heteroatoms. The van der Waals surface area contributed by atoms with Crippen LogP contribution in [0.15, 0.2) is 42.7 Å². The van der Waals surface area contributed by atoms with Gasteiger partial charge in [0.15, 0.2) is 0 Å². The van der Waals surface area contributed by atoms with E-state index >= 15 is 0 Å². The van der Waals surface area contributed by atoms with Gasteiger partial charge in [-0.2, -0.15) is 0 Å². The average molecular weight is 156 g/mol. The summed E-state index contributed by atoms with van der Waals surface area (Å²) < 4.78 is 2.04. The Morgan fingerprint density at radius 1 is 1.17 bits per heavy atom. The molecule has 0 spiro atoms. The van der Waals surface area contributed by atoms with Crippen molar-refractivity contribution in [3.8, 4) is 5.69 Å². The summed E-state index contributed by atoms with van der Waals surface area (Å²) in [6.45, 7) is 2.09. The summed E-state index contributed by atoms with van der Waals surface area (Å²) in [5, 5.41) is 0. The minimum absolute atomic E-state index is 1.18. The third-order valence-corrected chi connectivity index (χ3v) is 1.88. The highest BCUT2D eigenvalue weighted by Gasteiger charge is 1.91. The first-order valence-electron chi connectivity index (χ1n) is 3.97. The van der Waals surface area contributed by atoms with E-state index in [2.05, 4.69) is 37.3 Å². The second-order valence-electron chi connectivity index (χ2n) is 2.85. The van der Waals surface area contributed by atoms with Gasteiger partial charge in [0.05, 0.1) is 0 Å². The lowest BCUT2D eigenvalue weighted by Gasteiger charge is -2.01. The first-order valence-corrected chi connectivity index (χ1v) is 3.97. The van der Waals surface area contributed by atoms with Crippen molar-refractivity contribution < 1.29 is 0 Å². The minimum Gasteiger partial charge on any atom is -0.323 e. The maximum atomic E-state index is 3.01. The summed E-state index contributed by atoms with van der Waals surface area (Å²) in [7, 11) is 0. The molecule has 1 aromatic carbocycles. The summed E-state index contributed by atoms with van der Waals surface area (Å²) in [4.78, 5) is 0. The van der Waals surface area contributed by atoms with Gasteiger partial charge >= 0.3 is 0 Å². The molecule has 0 saturated carbocycles. The van der Waals surface area contributed by atoms with Crippen molar-refractivity contribution in [3.05, 3.63) is 54.4 Å². The van der Waals surface area contributed by atoms with Crippen molar-refractivity contribution >= 4 is 0 Å². The number of aryl methyl sites for hydroxylation is 1. The minimum atomic E-state index is 1.18. The van der Waals surface area contributed by atoms with E-state index < -0.39 is 0 Å². The van der Waals surface area contributed by atoms with Crippen LogP contribution in [0, 0.1) is 13.0 Å². The molecule has 1 nitrogen and oxygen atoms in total. The van der Waals surface area contributed by atoms with E-state index in [-0.39, 0.29) is 0 Å². The van der Waals surface area contributed by atoms with Crippen molar-refractivity contribution in [3.63, 3.8) is 0 Å². The second-order valence-corrected chi connectivity index (χ2v) is 2.85. The van der Waals surface area contributed by atoms with Crippen molar-refractivity contribution in [2.45, 2.75) is 6.92 Å². The lowest BCUT2D eigenvalue weighted by Crippen LogP contribution is -1.88. The van der Waals surface area contributed by atoms with Crippen molar-refractivity contribution in [1.29, 1.82) is 0 Å². The molecule has 0 aliphatic rings. The van der Waals surface area contributed by atoms with Crippen LogP contribution >= 0.6 is 0 Å². The smallest absolute Gasteiger partial charge is 0.0449 e. The Kier molecular flexibility index (Phi) is 1.71. The van der Waals surface area contributed by atoms with E-state index in [0.717, 1.165) is 0 Å². The third-order valence-electron chi connectivity index (χ3n) is 1.88. The summed E-state index contributed by atoms with van der Waals surface area (Å²) in [5.74, 6) is 0. The van der Waals surface area contributed by atoms with Gasteiger partial charge in [-0.25, -0.2) is 0 Å². The van der Waals surface area contributed by atoms with Crippen LogP contribution in [0.4, 0.5) is 0 Å². The predicted octanol–water partition coefficient (Wildman–Crippen LogP) is 2.59. The second kappa shape index (κ2) is 2.86. The lowest BCUT2D eigenvalue weighted by atomic mass is 10.2. The van der Waals surface area contributed by atoms with Gasteiger partial charge < -0.3 is 4.57 Å². The maximum absolute atomic E-state index is 3.01. The van der Waals surface area contributed by atoms with Gasteiger partial charge in [0.1, 0.15) is 0 Å². The molecule has 0 unspecified atom stereocenters. The van der Waals surface area contributed by atoms with E-state index in [1.54, 1.807) is 0 Å². The Balaban J connectivity index is 2.43. The van der Waals surface area contributed by atoms with Crippen LogP contribution in [0.3, 0.4) is 0 Å². The number of nitrogens with zero attached hydrogens (tertiary/aromatic N) is 1. The van der Waals surface area contributed by atoms with E-state index in [9.17, 15) is 0 Å². The highest BCUT2D eigenvalue weighted by Crippen LogP contribution is 2.08. The van der Waals surface area contributed by atoms with E-state index in [0.29, 0.717) is 0 Å². The van der Waals surface area contributed by atoms with Crippen LogP contribution in [0.2, 0.25) is 0 Å². The van der Waals surface area contributed by atoms with Crippen molar-refractivity contribution in [1.82, 2.24) is 4.57 Å². The molecule has 59 valence electrons. The van der Waals surface area contributed by atoms with Gasteiger partial charge in [-0.05, 0) is 25.1 Å². The molecule has 0 atom stereocenters. The molecular formula is C11H10N. The van der Waals surface area contributed by atoms with Crippen LogP contribution in [0.5, 0.6) is 0 Å². The number of rotatable bonds is 1. The fourth-order valence-electron chi connectivity index (χ4n) is 1.17. The fraction of sp³-hybridized carbons (Fsp3) is 0.0909. The Morgan fingerprint density at radius 2 is 1.92 bits per heavy atom. The van der Waals surface area contributed by atoms with E-state index in [1.807, 2.05) is 23.0 Å². The number of hydrogen-bond acceptors (Lipinski definition) is 0. The molecule has 0 aliphatic carbocycles. The Hall–Kier alpha value is -1.50. The molecule has 2 aromatic rings. The number of benzene rings is 1. The standard InChI is InChI=1S/C11H10N/c1-10-4-6-11(7-5-10)12-8-2-3-9-12/h2,4-9H,1H3. The van der Waals surface area contributed by atoms with Gasteiger partial charge in [-0.15, -0.1) is 0 Å². The van der Waals surface area contributed by atoms with Gasteiger partial charge in [0.2, 0.25) is 0 Å². The zero-order valence-electron chi connectivity index (χ0n) is 6.99. The monoisotopic (exact) mass is 156 g/mol. The molecular weight excluding hydrogens is 146 g/mol. The highest BCUT2D eigenvalue weighted by molar-refractivity contribution is 5.34. The number of aromatic nitrogens is 1. The molecule has 0 N–H and O–H groups in total. The Morgan fingerprint density at radius 3 is 2.50 bits per heavy atom. The van der Waals surface area contributed by atoms with Crippen molar-refractivity contribution in [2.75, 3.05) is 0 Å². The normalized spacial score (nSPS) is 10.1. The Bertz CT molecular complexity index is 343. The quantitative estimate of drug-likeness (QED) is 0.598. The first kappa shape index (κ1) is 7.17. The molecule has 0 aliphatic heterocycles.